The number of hydrogen-bond acceptors (Lipinski definition) is 4. The first-order valence-electron chi connectivity index (χ1n) is 25.7. The molecule has 16 aromatic rings. The summed E-state index contributed by atoms with van der Waals surface area (Å²) in [6.07, 6.45) is 0. The zero-order valence-electron chi connectivity index (χ0n) is 40.9. The SMILES string of the molecule is c1ccc(-c2cc(-c3cc(-n4c5ccccc5c5cc(-c6cccc7oc8ccccc8c67)ccc54)cc(-n4c5ccccc5c5cc(-c6cccc7oc8ccccc8c67)ccc54)c3)nc(-c3ccccc3)n2)cc1. The maximum Gasteiger partial charge on any atom is 0.160 e. The molecule has 0 aliphatic carbocycles. The molecule has 76 heavy (non-hydrogen) atoms. The molecule has 16 rings (SSSR count). The normalized spacial score (nSPS) is 11.9. The summed E-state index contributed by atoms with van der Waals surface area (Å²) in [6.45, 7) is 0. The maximum atomic E-state index is 6.38. The number of rotatable bonds is 7. The fraction of sp³-hybridized carbons (Fsp3) is 0. The predicted octanol–water partition coefficient (Wildman–Crippen LogP) is 18.8. The minimum Gasteiger partial charge on any atom is -0.456 e. The smallest absolute Gasteiger partial charge is 0.160 e. The number of fused-ring (bicyclic) bond motifs is 12. The van der Waals surface area contributed by atoms with Crippen molar-refractivity contribution in [3.8, 4) is 67.5 Å². The highest BCUT2D eigenvalue weighted by Gasteiger charge is 2.22. The van der Waals surface area contributed by atoms with Gasteiger partial charge in [0.05, 0.1) is 33.5 Å². The van der Waals surface area contributed by atoms with Crippen LogP contribution in [0.4, 0.5) is 0 Å². The lowest BCUT2D eigenvalue weighted by Crippen LogP contribution is -2.01. The summed E-state index contributed by atoms with van der Waals surface area (Å²) in [5, 5.41) is 9.13. The topological polar surface area (TPSA) is 61.9 Å². The fourth-order valence-corrected chi connectivity index (χ4v) is 11.9. The first-order valence-corrected chi connectivity index (χ1v) is 25.7. The Labute approximate surface area is 435 Å². The second-order valence-electron chi connectivity index (χ2n) is 19.7. The van der Waals surface area contributed by atoms with Crippen LogP contribution in [0, 0.1) is 0 Å². The molecule has 0 N–H and O–H groups in total. The van der Waals surface area contributed by atoms with Crippen LogP contribution in [-0.4, -0.2) is 19.1 Å². The van der Waals surface area contributed by atoms with Crippen LogP contribution < -0.4 is 0 Å². The molecule has 0 aliphatic rings. The molecule has 0 radical (unpaired) electrons. The number of benzene rings is 11. The van der Waals surface area contributed by atoms with Crippen LogP contribution in [0.15, 0.2) is 264 Å². The van der Waals surface area contributed by atoms with Crippen LogP contribution in [0.3, 0.4) is 0 Å². The Hall–Kier alpha value is -10.3. The van der Waals surface area contributed by atoms with E-state index >= 15 is 0 Å². The Kier molecular flexibility index (Phi) is 9.23. The molecule has 5 heterocycles. The van der Waals surface area contributed by atoms with Gasteiger partial charge < -0.3 is 18.0 Å². The van der Waals surface area contributed by atoms with E-state index in [1.165, 1.54) is 10.8 Å². The van der Waals surface area contributed by atoms with Gasteiger partial charge in [0, 0.05) is 71.2 Å². The third kappa shape index (κ3) is 6.54. The standard InChI is InChI=1S/C70H42N4O2/c1-3-17-43(18-4-1)58-42-59(72-70(71-58)44-19-5-2-6-20-44)47-37-48(73-60-27-11-7-21-52(60)56-39-45(33-35-62(56)73)50-25-15-31-66-68(50)54-23-9-13-29-64(54)75-66)41-49(38-47)74-61-28-12-8-22-53(61)57-40-46(34-36-63(57)74)51-26-16-32-67-69(51)55-24-10-14-30-65(55)76-67/h1-42H. The Balaban J connectivity index is 0.955. The number of hydrogen-bond donors (Lipinski definition) is 0. The van der Waals surface area contributed by atoms with E-state index in [2.05, 4.69) is 215 Å². The Morgan fingerprint density at radius 3 is 1.21 bits per heavy atom. The Morgan fingerprint density at radius 1 is 0.263 bits per heavy atom. The summed E-state index contributed by atoms with van der Waals surface area (Å²) in [7, 11) is 0. The molecule has 0 amide bonds. The van der Waals surface area contributed by atoms with Gasteiger partial charge in [-0.05, 0) is 107 Å². The van der Waals surface area contributed by atoms with Crippen molar-refractivity contribution in [1.82, 2.24) is 19.1 Å². The molecule has 0 aliphatic heterocycles. The van der Waals surface area contributed by atoms with Crippen LogP contribution in [0.1, 0.15) is 0 Å². The van der Waals surface area contributed by atoms with Crippen LogP contribution in [0.25, 0.3) is 155 Å². The van der Waals surface area contributed by atoms with Gasteiger partial charge in [0.25, 0.3) is 0 Å². The van der Waals surface area contributed by atoms with Crippen molar-refractivity contribution in [3.05, 3.63) is 255 Å². The molecule has 0 spiro atoms. The van der Waals surface area contributed by atoms with Gasteiger partial charge in [-0.15, -0.1) is 0 Å². The van der Waals surface area contributed by atoms with Crippen LogP contribution in [0.2, 0.25) is 0 Å². The van der Waals surface area contributed by atoms with Crippen molar-refractivity contribution in [2.75, 3.05) is 0 Å². The van der Waals surface area contributed by atoms with Crippen molar-refractivity contribution < 1.29 is 8.83 Å². The van der Waals surface area contributed by atoms with E-state index in [4.69, 9.17) is 18.8 Å². The molecule has 5 aromatic heterocycles. The van der Waals surface area contributed by atoms with Gasteiger partial charge in [0.15, 0.2) is 5.82 Å². The highest BCUT2D eigenvalue weighted by molar-refractivity contribution is 6.17. The third-order valence-corrected chi connectivity index (χ3v) is 15.3. The predicted molar refractivity (Wildman–Crippen MR) is 312 cm³/mol. The van der Waals surface area contributed by atoms with Gasteiger partial charge in [0.2, 0.25) is 0 Å². The van der Waals surface area contributed by atoms with Gasteiger partial charge in [0.1, 0.15) is 22.3 Å². The zero-order valence-corrected chi connectivity index (χ0v) is 40.9. The third-order valence-electron chi connectivity index (χ3n) is 15.3. The van der Waals surface area contributed by atoms with E-state index in [0.29, 0.717) is 5.82 Å². The van der Waals surface area contributed by atoms with Crippen molar-refractivity contribution in [1.29, 1.82) is 0 Å². The van der Waals surface area contributed by atoms with Gasteiger partial charge >= 0.3 is 0 Å². The lowest BCUT2D eigenvalue weighted by Gasteiger charge is -2.17. The second-order valence-corrected chi connectivity index (χ2v) is 19.7. The van der Waals surface area contributed by atoms with Crippen molar-refractivity contribution in [2.24, 2.45) is 0 Å². The highest BCUT2D eigenvalue weighted by atomic mass is 16.3. The van der Waals surface area contributed by atoms with Gasteiger partial charge in [-0.3, -0.25) is 0 Å². The summed E-state index contributed by atoms with van der Waals surface area (Å²) in [4.78, 5) is 10.6. The molecule has 0 unspecified atom stereocenters. The molecule has 0 fully saturated rings. The highest BCUT2D eigenvalue weighted by Crippen LogP contribution is 2.44. The largest absolute Gasteiger partial charge is 0.456 e. The number of para-hydroxylation sites is 4. The number of furan rings is 2. The maximum absolute atomic E-state index is 6.38. The van der Waals surface area contributed by atoms with Crippen LogP contribution >= 0.6 is 0 Å². The van der Waals surface area contributed by atoms with E-state index in [-0.39, 0.29) is 0 Å². The summed E-state index contributed by atoms with van der Waals surface area (Å²) in [5.74, 6) is 0.665. The van der Waals surface area contributed by atoms with Gasteiger partial charge in [-0.2, -0.15) is 0 Å². The quantitative estimate of drug-likeness (QED) is 0.160. The first-order chi connectivity index (χ1) is 37.7. The Morgan fingerprint density at radius 2 is 0.684 bits per heavy atom. The van der Waals surface area contributed by atoms with Crippen molar-refractivity contribution in [2.45, 2.75) is 0 Å². The summed E-state index contributed by atoms with van der Waals surface area (Å²) in [6, 6.07) is 90.5. The van der Waals surface area contributed by atoms with Crippen molar-refractivity contribution in [3.63, 3.8) is 0 Å². The number of nitrogens with zero attached hydrogens (tertiary/aromatic N) is 4. The molecular formula is C70H42N4O2. The van der Waals surface area contributed by atoms with E-state index in [9.17, 15) is 0 Å². The van der Waals surface area contributed by atoms with Crippen LogP contribution in [-0.2, 0) is 0 Å². The monoisotopic (exact) mass is 970 g/mol. The number of aromatic nitrogens is 4. The summed E-state index contributed by atoms with van der Waals surface area (Å²) in [5.41, 5.74) is 19.1. The van der Waals surface area contributed by atoms with E-state index < -0.39 is 0 Å². The molecule has 6 heteroatoms. The lowest BCUT2D eigenvalue weighted by molar-refractivity contribution is 0.668. The van der Waals surface area contributed by atoms with Crippen LogP contribution in [0.5, 0.6) is 0 Å². The minimum atomic E-state index is 0.665. The Bertz CT molecular complexity index is 4690. The van der Waals surface area contributed by atoms with Gasteiger partial charge in [-0.1, -0.05) is 170 Å². The second kappa shape index (κ2) is 16.6. The summed E-state index contributed by atoms with van der Waals surface area (Å²) < 4.78 is 17.6. The van der Waals surface area contributed by atoms with Crippen molar-refractivity contribution >= 4 is 87.5 Å². The summed E-state index contributed by atoms with van der Waals surface area (Å²) >= 11 is 0. The average molecular weight is 971 g/mol. The zero-order chi connectivity index (χ0) is 49.8. The minimum absolute atomic E-state index is 0.665. The average Bonchev–Trinajstić information content (AvgIpc) is 4.34. The molecule has 6 nitrogen and oxygen atoms in total. The molecule has 0 atom stereocenters. The molecule has 0 bridgehead atoms. The molecule has 0 saturated heterocycles. The van der Waals surface area contributed by atoms with E-state index in [0.717, 1.165) is 138 Å². The molecule has 354 valence electrons. The molecule has 11 aromatic carbocycles. The van der Waals surface area contributed by atoms with E-state index in [1.54, 1.807) is 0 Å². The first kappa shape index (κ1) is 42.2. The molecular weight excluding hydrogens is 929 g/mol. The molecule has 0 saturated carbocycles. The fourth-order valence-electron chi connectivity index (χ4n) is 11.9. The lowest BCUT2D eigenvalue weighted by atomic mass is 9.98. The van der Waals surface area contributed by atoms with E-state index in [1.807, 2.05) is 48.5 Å². The van der Waals surface area contributed by atoms with Gasteiger partial charge in [-0.25, -0.2) is 9.97 Å².